The van der Waals surface area contributed by atoms with Crippen LogP contribution in [0.5, 0.6) is 0 Å². The number of halogens is 6. The highest BCUT2D eigenvalue weighted by molar-refractivity contribution is 4.53. The zero-order valence-corrected chi connectivity index (χ0v) is 28.2. The number of hydrogen-bond donors (Lipinski definition) is 0. The van der Waals surface area contributed by atoms with E-state index in [9.17, 15) is 26.3 Å². The van der Waals surface area contributed by atoms with Gasteiger partial charge in [0.25, 0.3) is 0 Å². The predicted octanol–water partition coefficient (Wildman–Crippen LogP) is 14.6. The van der Waals surface area contributed by atoms with E-state index in [0.717, 1.165) is 33.6 Å². The van der Waals surface area contributed by atoms with Gasteiger partial charge in [-0.3, -0.25) is 0 Å². The van der Waals surface area contributed by atoms with Crippen LogP contribution >= 0.6 is 0 Å². The van der Waals surface area contributed by atoms with Crippen molar-refractivity contribution in [3.63, 3.8) is 0 Å². The standard InChI is InChI=1S/2C4H7F3.C4H10.6C3H8/c2*1-3(2)4(5,6)7;1-4(2)3;6*1-3-2/h2*3H,1-2H3;4H,1-3H3;6*3H2,1-2H3. The molecular formula is C30H72F6. The zero-order chi connectivity index (χ0) is 32.0. The van der Waals surface area contributed by atoms with Crippen LogP contribution in [0.4, 0.5) is 26.3 Å². The highest BCUT2D eigenvalue weighted by Gasteiger charge is 2.32. The Morgan fingerprint density at radius 2 is 0.361 bits per heavy atom. The van der Waals surface area contributed by atoms with E-state index in [4.69, 9.17) is 0 Å². The van der Waals surface area contributed by atoms with Gasteiger partial charge in [-0.25, -0.2) is 0 Å². The van der Waals surface area contributed by atoms with E-state index in [1.807, 2.05) is 0 Å². The quantitative estimate of drug-likeness (QED) is 0.265. The molecule has 0 unspecified atom stereocenters. The lowest BCUT2D eigenvalue weighted by Crippen LogP contribution is -2.15. The summed E-state index contributed by atoms with van der Waals surface area (Å²) in [5.74, 6) is -1.57. The summed E-state index contributed by atoms with van der Waals surface area (Å²) in [6.07, 6.45) is -0.500. The lowest BCUT2D eigenvalue weighted by molar-refractivity contribution is -0.165. The average Bonchev–Trinajstić information content (AvgIpc) is 2.64. The van der Waals surface area contributed by atoms with Crippen molar-refractivity contribution in [3.05, 3.63) is 0 Å². The molecule has 0 nitrogen and oxygen atoms in total. The molecule has 0 radical (unpaired) electrons. The molecule has 0 aromatic rings. The van der Waals surface area contributed by atoms with E-state index in [2.05, 4.69) is 104 Å². The van der Waals surface area contributed by atoms with Crippen LogP contribution in [0.15, 0.2) is 0 Å². The minimum atomic E-state index is -4.00. The summed E-state index contributed by atoms with van der Waals surface area (Å²) in [5.41, 5.74) is 0. The fraction of sp³-hybridized carbons (Fsp3) is 1.00. The van der Waals surface area contributed by atoms with Crippen molar-refractivity contribution in [2.24, 2.45) is 17.8 Å². The highest BCUT2D eigenvalue weighted by Crippen LogP contribution is 2.24. The molecule has 0 aliphatic carbocycles. The van der Waals surface area contributed by atoms with Crippen LogP contribution in [0.25, 0.3) is 0 Å². The van der Waals surface area contributed by atoms with Gasteiger partial charge >= 0.3 is 12.4 Å². The van der Waals surface area contributed by atoms with Crippen molar-refractivity contribution in [2.75, 3.05) is 0 Å². The van der Waals surface area contributed by atoms with E-state index < -0.39 is 24.2 Å². The SMILES string of the molecule is CC(C)C.CC(C)C(F)(F)F.CC(C)C(F)(F)F.CCC.CCC.CCC.CCC.CCC.CCC. The maximum atomic E-state index is 11.2. The second-order valence-corrected chi connectivity index (χ2v) is 9.37. The Hall–Kier alpha value is -0.420. The number of alkyl halides is 6. The first kappa shape index (κ1) is 60.2. The third-order valence-corrected chi connectivity index (χ3v) is 1.31. The molecular weight excluding hydrogens is 474 g/mol. The first-order valence-corrected chi connectivity index (χ1v) is 14.2. The Balaban J connectivity index is -0.0000000336. The molecule has 0 amide bonds. The summed E-state index contributed by atoms with van der Waals surface area (Å²) < 4.78 is 67.1. The molecule has 0 N–H and O–H groups in total. The van der Waals surface area contributed by atoms with Gasteiger partial charge in [0.1, 0.15) is 0 Å². The van der Waals surface area contributed by atoms with Crippen molar-refractivity contribution < 1.29 is 26.3 Å². The Bertz CT molecular complexity index is 219. The largest absolute Gasteiger partial charge is 0.391 e. The lowest BCUT2D eigenvalue weighted by atomic mass is 10.2. The molecule has 0 saturated heterocycles. The summed E-state index contributed by atoms with van der Waals surface area (Å²) in [6.45, 7) is 36.5. The Morgan fingerprint density at radius 1 is 0.333 bits per heavy atom. The molecule has 0 saturated carbocycles. The van der Waals surface area contributed by atoms with Crippen LogP contribution in [0.3, 0.4) is 0 Å². The fourth-order valence-electron chi connectivity index (χ4n) is 0. The zero-order valence-electron chi connectivity index (χ0n) is 28.2. The molecule has 0 atom stereocenters. The molecule has 0 fully saturated rings. The molecule has 0 aliphatic heterocycles. The molecule has 0 aliphatic rings. The summed E-state index contributed by atoms with van der Waals surface area (Å²) in [7, 11) is 0. The first-order valence-electron chi connectivity index (χ1n) is 14.2. The molecule has 36 heavy (non-hydrogen) atoms. The number of hydrogen-bond acceptors (Lipinski definition) is 0. The molecule has 0 aromatic heterocycles. The van der Waals surface area contributed by atoms with Gasteiger partial charge < -0.3 is 0 Å². The van der Waals surface area contributed by atoms with Gasteiger partial charge in [-0.1, -0.05) is 170 Å². The lowest BCUT2D eigenvalue weighted by Gasteiger charge is -2.07. The maximum Gasteiger partial charge on any atom is 0.391 e. The van der Waals surface area contributed by atoms with Crippen LogP contribution in [0.2, 0.25) is 0 Å². The van der Waals surface area contributed by atoms with Gasteiger partial charge in [0.2, 0.25) is 0 Å². The summed E-state index contributed by atoms with van der Waals surface area (Å²) in [4.78, 5) is 0. The second-order valence-electron chi connectivity index (χ2n) is 9.37. The monoisotopic (exact) mass is 547 g/mol. The molecule has 0 rings (SSSR count). The van der Waals surface area contributed by atoms with Crippen LogP contribution in [-0.4, -0.2) is 12.4 Å². The van der Waals surface area contributed by atoms with Gasteiger partial charge in [0.05, 0.1) is 0 Å². The minimum Gasteiger partial charge on any atom is -0.171 e. The molecule has 0 heterocycles. The first-order chi connectivity index (χ1) is 16.1. The van der Waals surface area contributed by atoms with Crippen molar-refractivity contribution in [2.45, 2.75) is 182 Å². The van der Waals surface area contributed by atoms with Gasteiger partial charge in [-0.2, -0.15) is 26.3 Å². The van der Waals surface area contributed by atoms with E-state index in [-0.39, 0.29) is 0 Å². The van der Waals surface area contributed by atoms with Gasteiger partial charge in [-0.05, 0) is 5.92 Å². The van der Waals surface area contributed by atoms with Crippen molar-refractivity contribution >= 4 is 0 Å². The van der Waals surface area contributed by atoms with Gasteiger partial charge in [0, 0.05) is 11.8 Å². The van der Waals surface area contributed by atoms with Crippen LogP contribution in [-0.2, 0) is 0 Å². The predicted molar refractivity (Wildman–Crippen MR) is 158 cm³/mol. The maximum absolute atomic E-state index is 11.2. The van der Waals surface area contributed by atoms with Crippen LogP contribution in [0.1, 0.15) is 170 Å². The fourth-order valence-corrected chi connectivity index (χ4v) is 0. The topological polar surface area (TPSA) is 0 Å². The van der Waals surface area contributed by atoms with E-state index >= 15 is 0 Å². The molecule has 234 valence electrons. The van der Waals surface area contributed by atoms with E-state index in [0.29, 0.717) is 0 Å². The van der Waals surface area contributed by atoms with Crippen molar-refractivity contribution in [3.8, 4) is 0 Å². The third-order valence-electron chi connectivity index (χ3n) is 1.31. The smallest absolute Gasteiger partial charge is 0.171 e. The summed E-state index contributed by atoms with van der Waals surface area (Å²) >= 11 is 0. The Labute approximate surface area is 226 Å². The summed E-state index contributed by atoms with van der Waals surface area (Å²) in [6, 6.07) is 0. The van der Waals surface area contributed by atoms with Crippen molar-refractivity contribution in [1.82, 2.24) is 0 Å². The molecule has 6 heteroatoms. The Morgan fingerprint density at radius 3 is 0.361 bits per heavy atom. The third kappa shape index (κ3) is 266. The summed E-state index contributed by atoms with van der Waals surface area (Å²) in [5, 5.41) is 0. The number of rotatable bonds is 0. The van der Waals surface area contributed by atoms with Crippen LogP contribution < -0.4 is 0 Å². The average molecular weight is 547 g/mol. The van der Waals surface area contributed by atoms with Crippen molar-refractivity contribution in [1.29, 1.82) is 0 Å². The second kappa shape index (κ2) is 55.2. The molecule has 0 spiro atoms. The molecule has 0 aromatic carbocycles. The molecule has 0 bridgehead atoms. The van der Waals surface area contributed by atoms with Gasteiger partial charge in [0.15, 0.2) is 0 Å². The van der Waals surface area contributed by atoms with Gasteiger partial charge in [-0.15, -0.1) is 0 Å². The Kier molecular flexibility index (Phi) is 92.3. The van der Waals surface area contributed by atoms with E-state index in [1.54, 1.807) is 0 Å². The van der Waals surface area contributed by atoms with Crippen LogP contribution in [0, 0.1) is 17.8 Å². The van der Waals surface area contributed by atoms with E-state index in [1.165, 1.54) is 38.5 Å². The minimum absolute atomic E-state index is 0.833. The normalized spacial score (nSPS) is 9.00. The highest BCUT2D eigenvalue weighted by atomic mass is 19.4.